The summed E-state index contributed by atoms with van der Waals surface area (Å²) in [6, 6.07) is 11.9. The van der Waals surface area contributed by atoms with Gasteiger partial charge in [0.15, 0.2) is 0 Å². The number of pyridine rings is 1. The maximum absolute atomic E-state index is 12.3. The molecule has 1 saturated carbocycles. The summed E-state index contributed by atoms with van der Waals surface area (Å²) in [5.41, 5.74) is 2.31. The molecule has 4 nitrogen and oxygen atoms in total. The Balaban J connectivity index is 1.60. The topological polar surface area (TPSA) is 54.0 Å². The number of carbonyl (C=O) groups is 1. The number of carbonyl (C=O) groups excluding carboxylic acids is 1. The Labute approximate surface area is 151 Å². The number of benzene rings is 1. The summed E-state index contributed by atoms with van der Waals surface area (Å²) in [6.07, 6.45) is 8.81. The molecule has 0 aliphatic heterocycles. The van der Waals surface area contributed by atoms with Crippen molar-refractivity contribution in [2.24, 2.45) is 0 Å². The van der Waals surface area contributed by atoms with E-state index < -0.39 is 0 Å². The largest absolute Gasteiger partial charge is 0.354 e. The summed E-state index contributed by atoms with van der Waals surface area (Å²) in [5, 5.41) is 6.40. The standard InChI is InChI=1S/C19H22BrN3O/c20-14-6-5-9-16(12-14)22-17-10-11-18(21-13-17)19(24)23-15-7-3-1-2-4-8-15/h5-6,9-13,15,22H,1-4,7-8H2,(H,23,24). The number of aromatic nitrogens is 1. The fraction of sp³-hybridized carbons (Fsp3) is 0.368. The second kappa shape index (κ2) is 8.29. The van der Waals surface area contributed by atoms with E-state index in [1.54, 1.807) is 12.3 Å². The van der Waals surface area contributed by atoms with Crippen LogP contribution in [0.25, 0.3) is 0 Å². The van der Waals surface area contributed by atoms with E-state index >= 15 is 0 Å². The van der Waals surface area contributed by atoms with Gasteiger partial charge in [-0.3, -0.25) is 4.79 Å². The highest BCUT2D eigenvalue weighted by Gasteiger charge is 2.16. The first-order valence-corrected chi connectivity index (χ1v) is 9.29. The average molecular weight is 388 g/mol. The molecule has 126 valence electrons. The number of hydrogen-bond acceptors (Lipinski definition) is 3. The fourth-order valence-electron chi connectivity index (χ4n) is 3.02. The molecule has 1 aliphatic carbocycles. The summed E-state index contributed by atoms with van der Waals surface area (Å²) < 4.78 is 1.01. The van der Waals surface area contributed by atoms with Gasteiger partial charge in [-0.2, -0.15) is 0 Å². The molecule has 0 radical (unpaired) electrons. The number of halogens is 1. The number of rotatable bonds is 4. The highest BCUT2D eigenvalue weighted by atomic mass is 79.9. The second-order valence-corrected chi connectivity index (χ2v) is 7.15. The predicted octanol–water partition coefficient (Wildman–Crippen LogP) is 5.04. The Morgan fingerprint density at radius 1 is 1.04 bits per heavy atom. The van der Waals surface area contributed by atoms with E-state index in [1.165, 1.54) is 25.7 Å². The van der Waals surface area contributed by atoms with E-state index in [1.807, 2.05) is 30.3 Å². The smallest absolute Gasteiger partial charge is 0.270 e. The van der Waals surface area contributed by atoms with Gasteiger partial charge in [-0.15, -0.1) is 0 Å². The van der Waals surface area contributed by atoms with Crippen molar-refractivity contribution < 1.29 is 4.79 Å². The van der Waals surface area contributed by atoms with Crippen LogP contribution in [0.15, 0.2) is 47.1 Å². The summed E-state index contributed by atoms with van der Waals surface area (Å²) in [5.74, 6) is -0.0732. The van der Waals surface area contributed by atoms with Crippen molar-refractivity contribution in [1.82, 2.24) is 10.3 Å². The van der Waals surface area contributed by atoms with Crippen molar-refractivity contribution in [2.75, 3.05) is 5.32 Å². The van der Waals surface area contributed by atoms with Gasteiger partial charge in [-0.25, -0.2) is 4.98 Å². The molecule has 0 spiro atoms. The van der Waals surface area contributed by atoms with Crippen LogP contribution >= 0.6 is 15.9 Å². The van der Waals surface area contributed by atoms with E-state index in [-0.39, 0.29) is 5.91 Å². The van der Waals surface area contributed by atoms with Crippen LogP contribution in [-0.2, 0) is 0 Å². The van der Waals surface area contributed by atoms with E-state index in [0.29, 0.717) is 11.7 Å². The minimum atomic E-state index is -0.0732. The van der Waals surface area contributed by atoms with Gasteiger partial charge in [0.1, 0.15) is 5.69 Å². The van der Waals surface area contributed by atoms with Crippen molar-refractivity contribution >= 4 is 33.2 Å². The molecule has 1 fully saturated rings. The number of nitrogens with zero attached hydrogens (tertiary/aromatic N) is 1. The van der Waals surface area contributed by atoms with Crippen molar-refractivity contribution in [1.29, 1.82) is 0 Å². The lowest BCUT2D eigenvalue weighted by molar-refractivity contribution is 0.0928. The van der Waals surface area contributed by atoms with Gasteiger partial charge in [0, 0.05) is 16.2 Å². The zero-order chi connectivity index (χ0) is 16.8. The van der Waals surface area contributed by atoms with Crippen LogP contribution in [0.2, 0.25) is 0 Å². The Morgan fingerprint density at radius 3 is 2.50 bits per heavy atom. The average Bonchev–Trinajstić information content (AvgIpc) is 2.84. The molecule has 0 atom stereocenters. The zero-order valence-corrected chi connectivity index (χ0v) is 15.2. The maximum atomic E-state index is 12.3. The molecule has 1 aliphatic rings. The third-order valence-corrected chi connectivity index (χ3v) is 4.79. The lowest BCUT2D eigenvalue weighted by atomic mass is 10.1. The van der Waals surface area contributed by atoms with Crippen LogP contribution in [0.4, 0.5) is 11.4 Å². The molecular weight excluding hydrogens is 366 g/mol. The highest BCUT2D eigenvalue weighted by molar-refractivity contribution is 9.10. The molecule has 1 aromatic heterocycles. The molecular formula is C19H22BrN3O. The Hall–Kier alpha value is -1.88. The van der Waals surface area contributed by atoms with Gasteiger partial charge in [-0.05, 0) is 43.2 Å². The van der Waals surface area contributed by atoms with E-state index in [4.69, 9.17) is 0 Å². The zero-order valence-electron chi connectivity index (χ0n) is 13.6. The van der Waals surface area contributed by atoms with E-state index in [9.17, 15) is 4.79 Å². The van der Waals surface area contributed by atoms with Crippen LogP contribution in [-0.4, -0.2) is 16.9 Å². The number of amides is 1. The van der Waals surface area contributed by atoms with Gasteiger partial charge >= 0.3 is 0 Å². The molecule has 0 saturated heterocycles. The maximum Gasteiger partial charge on any atom is 0.270 e. The third-order valence-electron chi connectivity index (χ3n) is 4.30. The molecule has 1 amide bonds. The highest BCUT2D eigenvalue weighted by Crippen LogP contribution is 2.20. The first-order valence-electron chi connectivity index (χ1n) is 8.50. The molecule has 3 rings (SSSR count). The van der Waals surface area contributed by atoms with Gasteiger partial charge in [0.25, 0.3) is 5.91 Å². The normalized spacial score (nSPS) is 15.5. The van der Waals surface area contributed by atoms with Gasteiger partial charge in [0.05, 0.1) is 11.9 Å². The minimum absolute atomic E-state index is 0.0732. The third kappa shape index (κ3) is 4.81. The van der Waals surface area contributed by atoms with Crippen molar-refractivity contribution in [3.8, 4) is 0 Å². The quantitative estimate of drug-likeness (QED) is 0.722. The number of anilines is 2. The van der Waals surface area contributed by atoms with Gasteiger partial charge in [-0.1, -0.05) is 47.7 Å². The molecule has 0 bridgehead atoms. The Kier molecular flexibility index (Phi) is 5.86. The van der Waals surface area contributed by atoms with Crippen molar-refractivity contribution in [3.05, 3.63) is 52.8 Å². The van der Waals surface area contributed by atoms with Crippen molar-refractivity contribution in [3.63, 3.8) is 0 Å². The van der Waals surface area contributed by atoms with Crippen LogP contribution < -0.4 is 10.6 Å². The number of nitrogens with one attached hydrogen (secondary N) is 2. The van der Waals surface area contributed by atoms with Crippen LogP contribution in [0.3, 0.4) is 0 Å². The van der Waals surface area contributed by atoms with Gasteiger partial charge in [0.2, 0.25) is 0 Å². The SMILES string of the molecule is O=C(NC1CCCCCC1)c1ccc(Nc2cccc(Br)c2)cn1. The van der Waals surface area contributed by atoms with Crippen LogP contribution in [0.5, 0.6) is 0 Å². The molecule has 1 heterocycles. The van der Waals surface area contributed by atoms with Crippen LogP contribution in [0, 0.1) is 0 Å². The first-order chi connectivity index (χ1) is 11.7. The van der Waals surface area contributed by atoms with Crippen LogP contribution in [0.1, 0.15) is 49.0 Å². The summed E-state index contributed by atoms with van der Waals surface area (Å²) in [6.45, 7) is 0. The summed E-state index contributed by atoms with van der Waals surface area (Å²) in [7, 11) is 0. The second-order valence-electron chi connectivity index (χ2n) is 6.23. The van der Waals surface area contributed by atoms with Gasteiger partial charge < -0.3 is 10.6 Å². The molecule has 2 N–H and O–H groups in total. The molecule has 0 unspecified atom stereocenters. The van der Waals surface area contributed by atoms with Crippen molar-refractivity contribution in [2.45, 2.75) is 44.6 Å². The van der Waals surface area contributed by atoms with E-state index in [0.717, 1.165) is 28.7 Å². The number of hydrogen-bond donors (Lipinski definition) is 2. The molecule has 24 heavy (non-hydrogen) atoms. The monoisotopic (exact) mass is 387 g/mol. The Morgan fingerprint density at radius 2 is 1.83 bits per heavy atom. The predicted molar refractivity (Wildman–Crippen MR) is 101 cm³/mol. The Bertz CT molecular complexity index is 679. The summed E-state index contributed by atoms with van der Waals surface area (Å²) in [4.78, 5) is 16.6. The molecule has 5 heteroatoms. The fourth-order valence-corrected chi connectivity index (χ4v) is 3.42. The summed E-state index contributed by atoms with van der Waals surface area (Å²) >= 11 is 3.45. The first kappa shape index (κ1) is 17.0. The van der Waals surface area contributed by atoms with E-state index in [2.05, 4.69) is 31.5 Å². The lowest BCUT2D eigenvalue weighted by Crippen LogP contribution is -2.34. The lowest BCUT2D eigenvalue weighted by Gasteiger charge is -2.16. The molecule has 2 aromatic rings. The minimum Gasteiger partial charge on any atom is -0.354 e. The molecule has 1 aromatic carbocycles.